The summed E-state index contributed by atoms with van der Waals surface area (Å²) in [6.07, 6.45) is 0. The Balaban J connectivity index is 1.96. The van der Waals surface area contributed by atoms with Crippen LogP contribution in [0.15, 0.2) is 66.2 Å². The van der Waals surface area contributed by atoms with Crippen LogP contribution in [0, 0.1) is 0 Å². The van der Waals surface area contributed by atoms with E-state index in [1.165, 1.54) is 37.3 Å². The number of ether oxygens (including phenoxy) is 2. The standard InChI is InChI=1S/C30H27Cl2NO6/c1-30(2,3)19-11-9-16(10-12-19)24-23(25(34)18-14-21(31)27(38-4)22(32)15-18)26(35)28(36)33(24)20-8-6-7-17(13-20)29(37)39-5/h6-15,24,34H,1-5H3/b25-23+. The fraction of sp³-hybridized carbons (Fsp3) is 0.233. The van der Waals surface area contributed by atoms with Gasteiger partial charge in [-0.2, -0.15) is 0 Å². The van der Waals surface area contributed by atoms with Crippen molar-refractivity contribution >= 4 is 52.3 Å². The summed E-state index contributed by atoms with van der Waals surface area (Å²) >= 11 is 12.6. The normalized spacial score (nSPS) is 16.9. The molecule has 3 aromatic carbocycles. The van der Waals surface area contributed by atoms with Crippen LogP contribution in [-0.2, 0) is 19.7 Å². The van der Waals surface area contributed by atoms with Gasteiger partial charge in [-0.15, -0.1) is 0 Å². The van der Waals surface area contributed by atoms with E-state index in [1.807, 2.05) is 24.3 Å². The van der Waals surface area contributed by atoms with Crippen LogP contribution < -0.4 is 9.64 Å². The molecule has 1 aliphatic rings. The maximum Gasteiger partial charge on any atom is 0.337 e. The number of halogens is 2. The van der Waals surface area contributed by atoms with Gasteiger partial charge < -0.3 is 14.6 Å². The number of hydrogen-bond donors (Lipinski definition) is 1. The molecule has 0 radical (unpaired) electrons. The van der Waals surface area contributed by atoms with Gasteiger partial charge in [0.2, 0.25) is 0 Å². The molecule has 1 N–H and O–H groups in total. The van der Waals surface area contributed by atoms with Crippen molar-refractivity contribution in [1.82, 2.24) is 0 Å². The number of nitrogens with zero attached hydrogens (tertiary/aromatic N) is 1. The number of methoxy groups -OCH3 is 2. The Hall–Kier alpha value is -3.81. The third kappa shape index (κ3) is 5.24. The quantitative estimate of drug-likeness (QED) is 0.159. The van der Waals surface area contributed by atoms with Crippen molar-refractivity contribution in [2.75, 3.05) is 19.1 Å². The molecular weight excluding hydrogens is 541 g/mol. The van der Waals surface area contributed by atoms with Gasteiger partial charge in [0.1, 0.15) is 5.76 Å². The first-order valence-corrected chi connectivity index (χ1v) is 12.8. The van der Waals surface area contributed by atoms with Gasteiger partial charge in [-0.25, -0.2) is 4.79 Å². The number of hydrogen-bond acceptors (Lipinski definition) is 6. The van der Waals surface area contributed by atoms with E-state index in [4.69, 9.17) is 32.7 Å². The van der Waals surface area contributed by atoms with Crippen LogP contribution in [0.2, 0.25) is 10.0 Å². The van der Waals surface area contributed by atoms with E-state index < -0.39 is 29.5 Å². The summed E-state index contributed by atoms with van der Waals surface area (Å²) in [5.74, 6) is -2.60. The van der Waals surface area contributed by atoms with Crippen molar-refractivity contribution in [3.05, 3.63) is 98.5 Å². The molecular formula is C30H27Cl2NO6. The van der Waals surface area contributed by atoms with Crippen LogP contribution >= 0.6 is 23.2 Å². The van der Waals surface area contributed by atoms with E-state index in [-0.39, 0.29) is 43.6 Å². The van der Waals surface area contributed by atoms with E-state index in [9.17, 15) is 19.5 Å². The van der Waals surface area contributed by atoms with Crippen molar-refractivity contribution in [3.8, 4) is 5.75 Å². The lowest BCUT2D eigenvalue weighted by Gasteiger charge is -2.27. The zero-order valence-corrected chi connectivity index (χ0v) is 23.6. The Morgan fingerprint density at radius 1 is 0.923 bits per heavy atom. The molecule has 1 aliphatic heterocycles. The minimum absolute atomic E-state index is 0.123. The molecule has 1 heterocycles. The Morgan fingerprint density at radius 2 is 1.54 bits per heavy atom. The molecule has 9 heteroatoms. The van der Waals surface area contributed by atoms with Crippen molar-refractivity contribution < 1.29 is 29.0 Å². The minimum atomic E-state index is -1.01. The first-order valence-electron chi connectivity index (χ1n) is 12.0. The van der Waals surface area contributed by atoms with Crippen molar-refractivity contribution in [2.24, 2.45) is 0 Å². The van der Waals surface area contributed by atoms with Gasteiger partial charge in [0, 0.05) is 11.3 Å². The lowest BCUT2D eigenvalue weighted by molar-refractivity contribution is -0.132. The van der Waals surface area contributed by atoms with Gasteiger partial charge in [0.25, 0.3) is 11.7 Å². The first kappa shape index (κ1) is 28.2. The lowest BCUT2D eigenvalue weighted by Crippen LogP contribution is -2.29. The van der Waals surface area contributed by atoms with Crippen molar-refractivity contribution in [3.63, 3.8) is 0 Å². The van der Waals surface area contributed by atoms with E-state index in [1.54, 1.807) is 18.2 Å². The van der Waals surface area contributed by atoms with Crippen molar-refractivity contribution in [2.45, 2.75) is 32.2 Å². The highest BCUT2D eigenvalue weighted by Crippen LogP contribution is 2.44. The number of aliphatic hydroxyl groups excluding tert-OH is 1. The van der Waals surface area contributed by atoms with Gasteiger partial charge in [-0.1, -0.05) is 74.3 Å². The highest BCUT2D eigenvalue weighted by molar-refractivity contribution is 6.52. The summed E-state index contributed by atoms with van der Waals surface area (Å²) in [6.45, 7) is 6.22. The average molecular weight is 568 g/mol. The fourth-order valence-electron chi connectivity index (χ4n) is 4.53. The molecule has 1 atom stereocenters. The largest absolute Gasteiger partial charge is 0.507 e. The van der Waals surface area contributed by atoms with Crippen LogP contribution in [0.4, 0.5) is 5.69 Å². The second kappa shape index (κ2) is 10.8. The number of rotatable bonds is 5. The topological polar surface area (TPSA) is 93.1 Å². The number of Topliss-reactive ketones (excluding diaryl/α,β-unsaturated/α-hetero) is 1. The first-order chi connectivity index (χ1) is 18.4. The smallest absolute Gasteiger partial charge is 0.337 e. The molecule has 1 amide bonds. The average Bonchev–Trinajstić information content (AvgIpc) is 3.17. The molecule has 0 spiro atoms. The zero-order valence-electron chi connectivity index (χ0n) is 22.0. The molecule has 0 aromatic heterocycles. The molecule has 39 heavy (non-hydrogen) atoms. The number of carbonyl (C=O) groups excluding carboxylic acids is 3. The molecule has 4 rings (SSSR count). The minimum Gasteiger partial charge on any atom is -0.507 e. The van der Waals surface area contributed by atoms with E-state index in [2.05, 4.69) is 20.8 Å². The summed E-state index contributed by atoms with van der Waals surface area (Å²) < 4.78 is 10.0. The van der Waals surface area contributed by atoms with Crippen LogP contribution in [0.25, 0.3) is 5.76 Å². The van der Waals surface area contributed by atoms with Gasteiger partial charge in [-0.3, -0.25) is 14.5 Å². The van der Waals surface area contributed by atoms with Gasteiger partial charge in [0.05, 0.1) is 41.4 Å². The molecule has 202 valence electrons. The van der Waals surface area contributed by atoms with E-state index >= 15 is 0 Å². The number of benzene rings is 3. The number of anilines is 1. The molecule has 1 saturated heterocycles. The number of esters is 1. The van der Waals surface area contributed by atoms with Crippen LogP contribution in [0.3, 0.4) is 0 Å². The monoisotopic (exact) mass is 567 g/mol. The Labute approximate surface area is 236 Å². The Morgan fingerprint density at radius 3 is 2.08 bits per heavy atom. The number of ketones is 1. The van der Waals surface area contributed by atoms with Crippen LogP contribution in [-0.4, -0.2) is 37.0 Å². The summed E-state index contributed by atoms with van der Waals surface area (Å²) in [6, 6.07) is 15.5. The third-order valence-corrected chi connectivity index (χ3v) is 7.12. The maximum absolute atomic E-state index is 13.5. The van der Waals surface area contributed by atoms with Gasteiger partial charge >= 0.3 is 5.97 Å². The Bertz CT molecular complexity index is 1480. The number of aliphatic hydroxyl groups is 1. The molecule has 0 aliphatic carbocycles. The predicted molar refractivity (Wildman–Crippen MR) is 151 cm³/mol. The summed E-state index contributed by atoms with van der Waals surface area (Å²) in [5, 5.41) is 11.7. The zero-order chi connectivity index (χ0) is 28.6. The molecule has 0 bridgehead atoms. The fourth-order valence-corrected chi connectivity index (χ4v) is 5.17. The van der Waals surface area contributed by atoms with Gasteiger partial charge in [0.15, 0.2) is 5.75 Å². The second-order valence-corrected chi connectivity index (χ2v) is 10.9. The SMILES string of the molecule is COC(=O)c1cccc(N2C(=O)C(=O)/C(=C(/O)c3cc(Cl)c(OC)c(Cl)c3)C2c2ccc(C(C)(C)C)cc2)c1. The predicted octanol–water partition coefficient (Wildman–Crippen LogP) is 6.71. The summed E-state index contributed by atoms with van der Waals surface area (Å²) in [5.41, 5.74) is 1.98. The third-order valence-electron chi connectivity index (χ3n) is 6.56. The molecule has 1 unspecified atom stereocenters. The molecule has 0 saturated carbocycles. The van der Waals surface area contributed by atoms with Crippen LogP contribution in [0.1, 0.15) is 53.9 Å². The van der Waals surface area contributed by atoms with Crippen molar-refractivity contribution in [1.29, 1.82) is 0 Å². The maximum atomic E-state index is 13.5. The number of carbonyl (C=O) groups is 3. The van der Waals surface area contributed by atoms with E-state index in [0.717, 1.165) is 5.56 Å². The number of amides is 1. The highest BCUT2D eigenvalue weighted by Gasteiger charge is 2.47. The lowest BCUT2D eigenvalue weighted by atomic mass is 9.85. The summed E-state index contributed by atoms with van der Waals surface area (Å²) in [4.78, 5) is 40.4. The van der Waals surface area contributed by atoms with Gasteiger partial charge in [-0.05, 0) is 46.9 Å². The van der Waals surface area contributed by atoms with E-state index in [0.29, 0.717) is 5.56 Å². The van der Waals surface area contributed by atoms with Crippen LogP contribution in [0.5, 0.6) is 5.75 Å². The Kier molecular flexibility index (Phi) is 7.77. The molecule has 3 aromatic rings. The molecule has 1 fully saturated rings. The molecule has 7 nitrogen and oxygen atoms in total. The summed E-state index contributed by atoms with van der Waals surface area (Å²) in [7, 11) is 2.66. The highest BCUT2D eigenvalue weighted by atomic mass is 35.5. The second-order valence-electron chi connectivity index (χ2n) is 10.1.